The molecule has 0 aliphatic rings. The van der Waals surface area contributed by atoms with E-state index in [1.807, 2.05) is 19.9 Å². The van der Waals surface area contributed by atoms with Crippen LogP contribution in [0.25, 0.3) is 0 Å². The quantitative estimate of drug-likeness (QED) is 0.873. The van der Waals surface area contributed by atoms with Gasteiger partial charge in [-0.2, -0.15) is 0 Å². The van der Waals surface area contributed by atoms with Crippen LogP contribution in [0, 0.1) is 32.4 Å². The maximum absolute atomic E-state index is 14.2. The SMILES string of the molecule is Cc1cc(C)cc(C(C)(O)c2c(F)ccc(C)c2F)c1. The Hall–Kier alpha value is -1.74. The molecule has 0 spiro atoms. The molecule has 0 bridgehead atoms. The normalized spacial score (nSPS) is 14.2. The molecule has 0 aliphatic heterocycles. The van der Waals surface area contributed by atoms with Gasteiger partial charge in [-0.3, -0.25) is 0 Å². The van der Waals surface area contributed by atoms with Gasteiger partial charge in [0.2, 0.25) is 0 Å². The van der Waals surface area contributed by atoms with Crippen molar-refractivity contribution in [3.8, 4) is 0 Å². The molecule has 0 aliphatic carbocycles. The molecular weight excluding hydrogens is 258 g/mol. The van der Waals surface area contributed by atoms with E-state index in [1.165, 1.54) is 19.1 Å². The molecule has 106 valence electrons. The highest BCUT2D eigenvalue weighted by Crippen LogP contribution is 2.34. The first-order chi connectivity index (χ1) is 9.23. The van der Waals surface area contributed by atoms with Gasteiger partial charge >= 0.3 is 0 Å². The van der Waals surface area contributed by atoms with Crippen molar-refractivity contribution in [2.45, 2.75) is 33.3 Å². The highest BCUT2D eigenvalue weighted by molar-refractivity contribution is 5.42. The largest absolute Gasteiger partial charge is 0.380 e. The highest BCUT2D eigenvalue weighted by atomic mass is 19.1. The van der Waals surface area contributed by atoms with Crippen LogP contribution < -0.4 is 0 Å². The van der Waals surface area contributed by atoms with Gasteiger partial charge in [-0.15, -0.1) is 0 Å². The maximum atomic E-state index is 14.2. The number of aryl methyl sites for hydroxylation is 3. The lowest BCUT2D eigenvalue weighted by molar-refractivity contribution is 0.0931. The molecule has 1 N–H and O–H groups in total. The number of aliphatic hydroxyl groups is 1. The smallest absolute Gasteiger partial charge is 0.135 e. The molecular formula is C17H18F2O. The standard InChI is InChI=1S/C17H18F2O/c1-10-7-11(2)9-13(8-10)17(4,20)15-14(18)6-5-12(3)16(15)19/h5-9,20H,1-4H3. The Labute approximate surface area is 117 Å². The first kappa shape index (κ1) is 14.7. The van der Waals surface area contributed by atoms with Crippen molar-refractivity contribution in [3.05, 3.63) is 69.8 Å². The zero-order valence-corrected chi connectivity index (χ0v) is 12.1. The number of halogens is 2. The van der Waals surface area contributed by atoms with E-state index in [2.05, 4.69) is 0 Å². The molecule has 20 heavy (non-hydrogen) atoms. The zero-order valence-electron chi connectivity index (χ0n) is 12.1. The van der Waals surface area contributed by atoms with Crippen molar-refractivity contribution in [1.29, 1.82) is 0 Å². The third kappa shape index (κ3) is 2.46. The third-order valence-electron chi connectivity index (χ3n) is 3.55. The van der Waals surface area contributed by atoms with Crippen molar-refractivity contribution in [2.24, 2.45) is 0 Å². The fourth-order valence-electron chi connectivity index (χ4n) is 2.50. The van der Waals surface area contributed by atoms with E-state index in [4.69, 9.17) is 0 Å². The van der Waals surface area contributed by atoms with E-state index in [9.17, 15) is 13.9 Å². The van der Waals surface area contributed by atoms with Crippen molar-refractivity contribution in [2.75, 3.05) is 0 Å². The van der Waals surface area contributed by atoms with Gasteiger partial charge < -0.3 is 5.11 Å². The second kappa shape index (κ2) is 4.98. The molecule has 1 atom stereocenters. The third-order valence-corrected chi connectivity index (χ3v) is 3.55. The molecule has 0 radical (unpaired) electrons. The van der Waals surface area contributed by atoms with Gasteiger partial charge in [0.15, 0.2) is 0 Å². The van der Waals surface area contributed by atoms with Gasteiger partial charge in [-0.25, -0.2) is 8.78 Å². The number of hydrogen-bond acceptors (Lipinski definition) is 1. The minimum absolute atomic E-state index is 0.303. The first-order valence-corrected chi connectivity index (χ1v) is 6.49. The Morgan fingerprint density at radius 2 is 1.50 bits per heavy atom. The Morgan fingerprint density at radius 1 is 0.950 bits per heavy atom. The first-order valence-electron chi connectivity index (χ1n) is 6.49. The summed E-state index contributed by atoms with van der Waals surface area (Å²) in [6, 6.07) is 7.99. The lowest BCUT2D eigenvalue weighted by Gasteiger charge is -2.27. The van der Waals surface area contributed by atoms with Crippen LogP contribution in [0.1, 0.15) is 34.7 Å². The summed E-state index contributed by atoms with van der Waals surface area (Å²) >= 11 is 0. The van der Waals surface area contributed by atoms with Crippen molar-refractivity contribution >= 4 is 0 Å². The maximum Gasteiger partial charge on any atom is 0.135 e. The topological polar surface area (TPSA) is 20.2 Å². The number of rotatable bonds is 2. The molecule has 1 unspecified atom stereocenters. The molecule has 3 heteroatoms. The zero-order chi connectivity index (χ0) is 15.1. The minimum atomic E-state index is -1.71. The molecule has 2 aromatic carbocycles. The molecule has 1 nitrogen and oxygen atoms in total. The average Bonchev–Trinajstić information content (AvgIpc) is 2.33. The van der Waals surface area contributed by atoms with E-state index < -0.39 is 17.2 Å². The summed E-state index contributed by atoms with van der Waals surface area (Å²) in [6.07, 6.45) is 0. The second-order valence-corrected chi connectivity index (χ2v) is 5.50. The Balaban J connectivity index is 2.69. The van der Waals surface area contributed by atoms with Gasteiger partial charge in [0.25, 0.3) is 0 Å². The van der Waals surface area contributed by atoms with Crippen LogP contribution in [-0.2, 0) is 5.60 Å². The molecule has 0 heterocycles. The number of hydrogen-bond donors (Lipinski definition) is 1. The van der Waals surface area contributed by atoms with Gasteiger partial charge in [0.05, 0.1) is 5.56 Å². The van der Waals surface area contributed by atoms with E-state index in [-0.39, 0.29) is 5.56 Å². The highest BCUT2D eigenvalue weighted by Gasteiger charge is 2.33. The second-order valence-electron chi connectivity index (χ2n) is 5.50. The Morgan fingerprint density at radius 3 is 2.05 bits per heavy atom. The van der Waals surface area contributed by atoms with Crippen LogP contribution in [0.15, 0.2) is 30.3 Å². The predicted octanol–water partition coefficient (Wildman–Crippen LogP) is 4.15. The van der Waals surface area contributed by atoms with E-state index in [0.29, 0.717) is 11.1 Å². The van der Waals surface area contributed by atoms with E-state index in [0.717, 1.165) is 11.1 Å². The van der Waals surface area contributed by atoms with Crippen LogP contribution >= 0.6 is 0 Å². The fourth-order valence-corrected chi connectivity index (χ4v) is 2.50. The van der Waals surface area contributed by atoms with Crippen LogP contribution in [0.3, 0.4) is 0 Å². The van der Waals surface area contributed by atoms with Crippen LogP contribution in [0.2, 0.25) is 0 Å². The van der Waals surface area contributed by atoms with Crippen molar-refractivity contribution in [3.63, 3.8) is 0 Å². The van der Waals surface area contributed by atoms with Crippen LogP contribution in [-0.4, -0.2) is 5.11 Å². The molecule has 0 fully saturated rings. The Kier molecular flexibility index (Phi) is 3.65. The molecule has 0 amide bonds. The summed E-state index contributed by atoms with van der Waals surface area (Å²) in [5.74, 6) is -1.44. The lowest BCUT2D eigenvalue weighted by atomic mass is 9.85. The molecule has 2 aromatic rings. The fraction of sp³-hybridized carbons (Fsp3) is 0.294. The van der Waals surface area contributed by atoms with Gasteiger partial charge in [0.1, 0.15) is 17.2 Å². The van der Waals surface area contributed by atoms with E-state index >= 15 is 0 Å². The van der Waals surface area contributed by atoms with Crippen LogP contribution in [0.4, 0.5) is 8.78 Å². The summed E-state index contributed by atoms with van der Waals surface area (Å²) in [4.78, 5) is 0. The molecule has 0 aromatic heterocycles. The van der Waals surface area contributed by atoms with Crippen molar-refractivity contribution < 1.29 is 13.9 Å². The lowest BCUT2D eigenvalue weighted by Crippen LogP contribution is -2.26. The van der Waals surface area contributed by atoms with E-state index in [1.54, 1.807) is 19.1 Å². The summed E-state index contributed by atoms with van der Waals surface area (Å²) < 4.78 is 28.3. The monoisotopic (exact) mass is 276 g/mol. The van der Waals surface area contributed by atoms with Crippen LogP contribution in [0.5, 0.6) is 0 Å². The predicted molar refractivity (Wildman–Crippen MR) is 75.7 cm³/mol. The summed E-state index contributed by atoms with van der Waals surface area (Å²) in [5, 5.41) is 10.7. The van der Waals surface area contributed by atoms with Crippen molar-refractivity contribution in [1.82, 2.24) is 0 Å². The summed E-state index contributed by atoms with van der Waals surface area (Å²) in [7, 11) is 0. The van der Waals surface area contributed by atoms with Gasteiger partial charge in [0, 0.05) is 0 Å². The summed E-state index contributed by atoms with van der Waals surface area (Å²) in [6.45, 7) is 6.74. The van der Waals surface area contributed by atoms with Gasteiger partial charge in [-0.05, 0) is 44.9 Å². The van der Waals surface area contributed by atoms with Gasteiger partial charge in [-0.1, -0.05) is 35.4 Å². The minimum Gasteiger partial charge on any atom is -0.380 e. The molecule has 0 saturated heterocycles. The average molecular weight is 276 g/mol. The summed E-state index contributed by atoms with van der Waals surface area (Å²) in [5.41, 5.74) is 0.659. The Bertz CT molecular complexity index is 640. The molecule has 2 rings (SSSR count). The molecule has 0 saturated carbocycles. The number of benzene rings is 2.